The van der Waals surface area contributed by atoms with Gasteiger partial charge in [-0.05, 0) is 30.3 Å². The first-order chi connectivity index (χ1) is 13.8. The lowest BCUT2D eigenvalue weighted by Crippen LogP contribution is -2.15. The summed E-state index contributed by atoms with van der Waals surface area (Å²) in [5.41, 5.74) is -0.328. The fourth-order valence-electron chi connectivity index (χ4n) is 2.41. The van der Waals surface area contributed by atoms with Crippen LogP contribution < -0.4 is 14.8 Å². The minimum atomic E-state index is -4.47. The molecule has 0 aliphatic heterocycles. The number of benzene rings is 2. The van der Waals surface area contributed by atoms with Crippen LogP contribution in [0.15, 0.2) is 53.1 Å². The fourth-order valence-corrected chi connectivity index (χ4v) is 2.41. The molecule has 7 nitrogen and oxygen atoms in total. The fraction of sp³-hybridized carbons (Fsp3) is 0.211. The number of carbonyl (C=O) groups excluding carboxylic acids is 1. The lowest BCUT2D eigenvalue weighted by atomic mass is 10.2. The summed E-state index contributed by atoms with van der Waals surface area (Å²) in [4.78, 5) is 16.1. The Kier molecular flexibility index (Phi) is 6.01. The maximum absolute atomic E-state index is 12.7. The van der Waals surface area contributed by atoms with Gasteiger partial charge in [-0.15, -0.1) is 0 Å². The molecule has 152 valence electrons. The van der Waals surface area contributed by atoms with Gasteiger partial charge in [0.2, 0.25) is 5.91 Å². The number of para-hydroxylation sites is 2. The van der Waals surface area contributed by atoms with Crippen molar-refractivity contribution in [2.45, 2.75) is 19.2 Å². The molecule has 1 aromatic heterocycles. The maximum Gasteiger partial charge on any atom is 0.416 e. The first-order valence-electron chi connectivity index (χ1n) is 8.39. The normalized spacial score (nSPS) is 11.2. The predicted molar refractivity (Wildman–Crippen MR) is 95.4 cm³/mol. The molecule has 0 bridgehead atoms. The molecule has 29 heavy (non-hydrogen) atoms. The minimum absolute atomic E-state index is 0.00786. The zero-order valence-corrected chi connectivity index (χ0v) is 15.2. The summed E-state index contributed by atoms with van der Waals surface area (Å²) in [5, 5.41) is 6.35. The number of ether oxygens (including phenoxy) is 2. The molecule has 0 aliphatic carbocycles. The molecule has 2 aromatic carbocycles. The highest BCUT2D eigenvalue weighted by Crippen LogP contribution is 2.31. The van der Waals surface area contributed by atoms with Gasteiger partial charge in [0.25, 0.3) is 5.89 Å². The van der Waals surface area contributed by atoms with E-state index in [4.69, 9.17) is 14.0 Å². The van der Waals surface area contributed by atoms with E-state index in [1.165, 1.54) is 19.2 Å². The molecule has 0 saturated heterocycles. The van der Waals surface area contributed by atoms with Gasteiger partial charge in [0.1, 0.15) is 11.5 Å². The van der Waals surface area contributed by atoms with Crippen molar-refractivity contribution >= 4 is 11.6 Å². The lowest BCUT2D eigenvalue weighted by molar-refractivity contribution is -0.137. The van der Waals surface area contributed by atoms with Gasteiger partial charge in [0.05, 0.1) is 24.8 Å². The van der Waals surface area contributed by atoms with E-state index < -0.39 is 11.7 Å². The van der Waals surface area contributed by atoms with Crippen molar-refractivity contribution in [3.05, 3.63) is 65.8 Å². The van der Waals surface area contributed by atoms with Gasteiger partial charge in [-0.3, -0.25) is 4.79 Å². The van der Waals surface area contributed by atoms with Gasteiger partial charge in [-0.2, -0.15) is 18.2 Å². The van der Waals surface area contributed by atoms with Crippen LogP contribution in [-0.4, -0.2) is 23.2 Å². The highest BCUT2D eigenvalue weighted by molar-refractivity contribution is 5.93. The van der Waals surface area contributed by atoms with Crippen LogP contribution in [0.2, 0.25) is 0 Å². The average Bonchev–Trinajstić information content (AvgIpc) is 3.13. The summed E-state index contributed by atoms with van der Waals surface area (Å²) in [5.74, 6) is 0.265. The number of anilines is 1. The van der Waals surface area contributed by atoms with Crippen molar-refractivity contribution in [1.29, 1.82) is 0 Å². The molecule has 0 atom stereocenters. The second-order valence-electron chi connectivity index (χ2n) is 5.84. The first kappa shape index (κ1) is 20.2. The molecule has 0 aliphatic rings. The van der Waals surface area contributed by atoms with Crippen LogP contribution in [0, 0.1) is 0 Å². The zero-order chi connectivity index (χ0) is 20.9. The van der Waals surface area contributed by atoms with Crippen molar-refractivity contribution < 1.29 is 32.0 Å². The molecule has 1 amide bonds. The largest absolute Gasteiger partial charge is 0.495 e. The number of carbonyl (C=O) groups is 1. The van der Waals surface area contributed by atoms with E-state index in [2.05, 4.69) is 15.5 Å². The number of halogens is 3. The Morgan fingerprint density at radius 1 is 1.17 bits per heavy atom. The predicted octanol–water partition coefficient (Wildman–Crippen LogP) is 3.86. The highest BCUT2D eigenvalue weighted by Gasteiger charge is 2.30. The third kappa shape index (κ3) is 5.47. The lowest BCUT2D eigenvalue weighted by Gasteiger charge is -2.09. The number of hydrogen-bond acceptors (Lipinski definition) is 6. The number of methoxy groups -OCH3 is 1. The Morgan fingerprint density at radius 3 is 2.72 bits per heavy atom. The number of aromatic nitrogens is 2. The molecule has 1 N–H and O–H groups in total. The number of nitrogens with one attached hydrogen (secondary N) is 1. The number of amides is 1. The third-order valence-electron chi connectivity index (χ3n) is 3.73. The Morgan fingerprint density at radius 2 is 1.97 bits per heavy atom. The molecule has 0 radical (unpaired) electrons. The summed E-state index contributed by atoms with van der Waals surface area (Å²) in [6, 6.07) is 11.3. The topological polar surface area (TPSA) is 86.5 Å². The van der Waals surface area contributed by atoms with E-state index in [0.29, 0.717) is 11.4 Å². The van der Waals surface area contributed by atoms with Crippen LogP contribution >= 0.6 is 0 Å². The van der Waals surface area contributed by atoms with Crippen LogP contribution in [0.4, 0.5) is 18.9 Å². The Hall–Kier alpha value is -3.56. The van der Waals surface area contributed by atoms with E-state index in [0.717, 1.165) is 12.1 Å². The average molecular weight is 407 g/mol. The zero-order valence-electron chi connectivity index (χ0n) is 15.2. The number of alkyl halides is 3. The summed E-state index contributed by atoms with van der Waals surface area (Å²) < 4.78 is 53.5. The Bertz CT molecular complexity index is 989. The van der Waals surface area contributed by atoms with E-state index in [-0.39, 0.29) is 36.4 Å². The Balaban J connectivity index is 1.56. The molecule has 0 unspecified atom stereocenters. The smallest absolute Gasteiger partial charge is 0.416 e. The molecular formula is C19H16F3N3O4. The van der Waals surface area contributed by atoms with Gasteiger partial charge in [0, 0.05) is 0 Å². The van der Waals surface area contributed by atoms with Crippen LogP contribution in [0.1, 0.15) is 17.3 Å². The summed E-state index contributed by atoms with van der Waals surface area (Å²) >= 11 is 0. The Labute approximate surface area is 163 Å². The monoisotopic (exact) mass is 407 g/mol. The summed E-state index contributed by atoms with van der Waals surface area (Å²) in [6.45, 7) is -0.234. The molecule has 1 heterocycles. The number of nitrogens with zero attached hydrogens (tertiary/aromatic N) is 2. The van der Waals surface area contributed by atoms with Gasteiger partial charge in [-0.1, -0.05) is 23.4 Å². The van der Waals surface area contributed by atoms with Gasteiger partial charge in [0.15, 0.2) is 12.4 Å². The molecule has 3 aromatic rings. The van der Waals surface area contributed by atoms with E-state index in [9.17, 15) is 18.0 Å². The molecule has 0 fully saturated rings. The quantitative estimate of drug-likeness (QED) is 0.640. The molecular weight excluding hydrogens is 391 g/mol. The summed E-state index contributed by atoms with van der Waals surface area (Å²) in [6.07, 6.45) is -4.63. The van der Waals surface area contributed by atoms with Crippen molar-refractivity contribution in [2.24, 2.45) is 0 Å². The molecule has 10 heteroatoms. The van der Waals surface area contributed by atoms with E-state index >= 15 is 0 Å². The van der Waals surface area contributed by atoms with Crippen LogP contribution in [0.5, 0.6) is 11.5 Å². The van der Waals surface area contributed by atoms with Crippen molar-refractivity contribution in [1.82, 2.24) is 10.1 Å². The van der Waals surface area contributed by atoms with Crippen molar-refractivity contribution in [3.63, 3.8) is 0 Å². The van der Waals surface area contributed by atoms with Crippen LogP contribution in [0.3, 0.4) is 0 Å². The van der Waals surface area contributed by atoms with E-state index in [1.54, 1.807) is 24.3 Å². The number of rotatable bonds is 7. The second-order valence-corrected chi connectivity index (χ2v) is 5.84. The SMILES string of the molecule is COc1ccccc1NC(=O)Cc1noc(COc2cccc(C(F)(F)F)c2)n1. The second kappa shape index (κ2) is 8.63. The van der Waals surface area contributed by atoms with Crippen molar-refractivity contribution in [2.75, 3.05) is 12.4 Å². The standard InChI is InChI=1S/C19H16F3N3O4/c1-27-15-8-3-2-7-14(15)23-17(26)10-16-24-18(29-25-16)11-28-13-6-4-5-12(9-13)19(20,21)22/h2-9H,10-11H2,1H3,(H,23,26). The molecule has 0 saturated carbocycles. The maximum atomic E-state index is 12.7. The van der Waals surface area contributed by atoms with Gasteiger partial charge in [-0.25, -0.2) is 0 Å². The van der Waals surface area contributed by atoms with Gasteiger partial charge < -0.3 is 19.3 Å². The third-order valence-corrected chi connectivity index (χ3v) is 3.73. The molecule has 3 rings (SSSR count). The van der Waals surface area contributed by atoms with Crippen LogP contribution in [0.25, 0.3) is 0 Å². The minimum Gasteiger partial charge on any atom is -0.495 e. The molecule has 0 spiro atoms. The van der Waals surface area contributed by atoms with E-state index in [1.807, 2.05) is 0 Å². The van der Waals surface area contributed by atoms with Gasteiger partial charge >= 0.3 is 6.18 Å². The first-order valence-corrected chi connectivity index (χ1v) is 8.39. The van der Waals surface area contributed by atoms with Crippen LogP contribution in [-0.2, 0) is 24.0 Å². The highest BCUT2D eigenvalue weighted by atomic mass is 19.4. The number of hydrogen-bond donors (Lipinski definition) is 1. The van der Waals surface area contributed by atoms with Crippen molar-refractivity contribution in [3.8, 4) is 11.5 Å². The summed E-state index contributed by atoms with van der Waals surface area (Å²) in [7, 11) is 1.49.